The van der Waals surface area contributed by atoms with Gasteiger partial charge in [0.2, 0.25) is 0 Å². The number of hydrogen-bond acceptors (Lipinski definition) is 0. The Balaban J connectivity index is 1.94. The van der Waals surface area contributed by atoms with E-state index >= 15 is 0 Å². The van der Waals surface area contributed by atoms with E-state index in [4.69, 9.17) is 0 Å². The first-order valence-corrected chi connectivity index (χ1v) is 7.24. The number of unbranched alkanes of at least 4 members (excludes halogenated alkanes) is 1. The summed E-state index contributed by atoms with van der Waals surface area (Å²) < 4.78 is 2.52. The van der Waals surface area contributed by atoms with Gasteiger partial charge < -0.3 is 4.57 Å². The maximum absolute atomic E-state index is 2.52. The van der Waals surface area contributed by atoms with Crippen molar-refractivity contribution in [2.75, 3.05) is 0 Å². The monoisotopic (exact) mass is 231 g/mol. The molecule has 1 fully saturated rings. The molecule has 0 radical (unpaired) electrons. The van der Waals surface area contributed by atoms with E-state index in [0.29, 0.717) is 5.41 Å². The Morgan fingerprint density at radius 3 is 2.82 bits per heavy atom. The van der Waals surface area contributed by atoms with E-state index in [1.807, 2.05) is 0 Å². The molecule has 0 N–H and O–H groups in total. The van der Waals surface area contributed by atoms with Crippen LogP contribution in [-0.2, 0) is 13.0 Å². The van der Waals surface area contributed by atoms with Crippen molar-refractivity contribution in [1.82, 2.24) is 4.57 Å². The summed E-state index contributed by atoms with van der Waals surface area (Å²) in [5.74, 6) is 1.79. The standard InChI is InChI=1S/C16H25N/c1-5-6-7-17-10-14-13(11(17)2)8-12-9-15(14)16(12,3)4/h10,12,15H,5-9H2,1-4H3/t12-,15-/m1/s1. The Labute approximate surface area is 105 Å². The minimum atomic E-state index is 0.566. The quantitative estimate of drug-likeness (QED) is 0.731. The van der Waals surface area contributed by atoms with Crippen molar-refractivity contribution in [3.63, 3.8) is 0 Å². The molecule has 1 heteroatoms. The van der Waals surface area contributed by atoms with Gasteiger partial charge in [0.25, 0.3) is 0 Å². The fourth-order valence-corrected chi connectivity index (χ4v) is 3.99. The highest BCUT2D eigenvalue weighted by Gasteiger charge is 2.53. The molecule has 0 unspecified atom stereocenters. The number of aromatic nitrogens is 1. The van der Waals surface area contributed by atoms with Gasteiger partial charge in [-0.2, -0.15) is 0 Å². The summed E-state index contributed by atoms with van der Waals surface area (Å²) in [6.45, 7) is 10.7. The van der Waals surface area contributed by atoms with Gasteiger partial charge in [0, 0.05) is 18.4 Å². The molecule has 1 aromatic rings. The van der Waals surface area contributed by atoms with Crippen molar-refractivity contribution >= 4 is 0 Å². The molecule has 17 heavy (non-hydrogen) atoms. The summed E-state index contributed by atoms with van der Waals surface area (Å²) >= 11 is 0. The van der Waals surface area contributed by atoms with Gasteiger partial charge >= 0.3 is 0 Å². The van der Waals surface area contributed by atoms with Crippen molar-refractivity contribution in [3.8, 4) is 0 Å². The molecule has 3 aliphatic rings. The number of nitrogens with zero attached hydrogens (tertiary/aromatic N) is 1. The van der Waals surface area contributed by atoms with Gasteiger partial charge in [-0.1, -0.05) is 27.2 Å². The highest BCUT2D eigenvalue weighted by Crippen LogP contribution is 2.62. The van der Waals surface area contributed by atoms with E-state index in [2.05, 4.69) is 38.5 Å². The Kier molecular flexibility index (Phi) is 2.43. The lowest BCUT2D eigenvalue weighted by molar-refractivity contribution is 0.0189. The van der Waals surface area contributed by atoms with Gasteiger partial charge in [-0.25, -0.2) is 0 Å². The molecule has 0 spiro atoms. The molecule has 1 nitrogen and oxygen atoms in total. The van der Waals surface area contributed by atoms with E-state index in [1.165, 1.54) is 32.2 Å². The largest absolute Gasteiger partial charge is 0.351 e. The Bertz CT molecular complexity index is 439. The predicted molar refractivity (Wildman–Crippen MR) is 72.4 cm³/mol. The third-order valence-corrected chi connectivity index (χ3v) is 5.56. The molecule has 1 saturated carbocycles. The smallest absolute Gasteiger partial charge is 0.0222 e. The van der Waals surface area contributed by atoms with E-state index in [-0.39, 0.29) is 0 Å². The Morgan fingerprint density at radius 1 is 1.41 bits per heavy atom. The van der Waals surface area contributed by atoms with Crippen molar-refractivity contribution in [1.29, 1.82) is 0 Å². The van der Waals surface area contributed by atoms with Crippen LogP contribution in [0.4, 0.5) is 0 Å². The lowest BCUT2D eigenvalue weighted by Gasteiger charge is -2.56. The summed E-state index contributed by atoms with van der Waals surface area (Å²) in [5.41, 5.74) is 5.50. The normalized spacial score (nSPS) is 28.7. The molecule has 0 amide bonds. The maximum Gasteiger partial charge on any atom is 0.0222 e. The molecule has 2 bridgehead atoms. The second kappa shape index (κ2) is 3.63. The topological polar surface area (TPSA) is 4.93 Å². The number of aryl methyl sites for hydroxylation is 1. The first-order chi connectivity index (χ1) is 8.05. The number of hydrogen-bond donors (Lipinski definition) is 0. The molecular formula is C16H25N. The summed E-state index contributed by atoms with van der Waals surface area (Å²) in [4.78, 5) is 0. The van der Waals surface area contributed by atoms with E-state index < -0.39 is 0 Å². The summed E-state index contributed by atoms with van der Waals surface area (Å²) in [7, 11) is 0. The lowest BCUT2D eigenvalue weighted by atomic mass is 9.48. The fourth-order valence-electron chi connectivity index (χ4n) is 3.99. The van der Waals surface area contributed by atoms with Gasteiger partial charge in [0.1, 0.15) is 0 Å². The molecule has 4 rings (SSSR count). The maximum atomic E-state index is 2.52. The minimum Gasteiger partial charge on any atom is -0.351 e. The molecule has 1 heterocycles. The minimum absolute atomic E-state index is 0.566. The molecule has 0 aliphatic heterocycles. The van der Waals surface area contributed by atoms with Gasteiger partial charge in [-0.3, -0.25) is 0 Å². The average molecular weight is 231 g/mol. The van der Waals surface area contributed by atoms with Crippen LogP contribution in [0.25, 0.3) is 0 Å². The summed E-state index contributed by atoms with van der Waals surface area (Å²) in [6.07, 6.45) is 7.86. The van der Waals surface area contributed by atoms with Gasteiger partial charge in [0.05, 0.1) is 0 Å². The van der Waals surface area contributed by atoms with E-state index in [0.717, 1.165) is 11.8 Å². The van der Waals surface area contributed by atoms with Crippen molar-refractivity contribution in [2.24, 2.45) is 11.3 Å². The molecule has 0 saturated heterocycles. The van der Waals surface area contributed by atoms with Crippen molar-refractivity contribution in [3.05, 3.63) is 23.0 Å². The predicted octanol–water partition coefficient (Wildman–Crippen LogP) is 4.28. The zero-order chi connectivity index (χ0) is 12.2. The SMILES string of the molecule is CCCCn1cc2c(c1C)C[C@@H]1C[C@H]2C1(C)C. The van der Waals surface area contributed by atoms with Gasteiger partial charge in [0.15, 0.2) is 0 Å². The molecule has 1 aromatic heterocycles. The zero-order valence-electron chi connectivity index (χ0n) is 11.7. The van der Waals surface area contributed by atoms with Crippen molar-refractivity contribution < 1.29 is 0 Å². The molecule has 94 valence electrons. The third-order valence-electron chi connectivity index (χ3n) is 5.56. The molecular weight excluding hydrogens is 206 g/mol. The zero-order valence-corrected chi connectivity index (χ0v) is 11.7. The van der Waals surface area contributed by atoms with Crippen molar-refractivity contribution in [2.45, 2.75) is 65.8 Å². The number of rotatable bonds is 3. The van der Waals surface area contributed by atoms with Crippen LogP contribution in [0.1, 0.15) is 62.8 Å². The Hall–Kier alpha value is -0.720. The highest BCUT2D eigenvalue weighted by atomic mass is 15.0. The second-order valence-corrected chi connectivity index (χ2v) is 6.71. The molecule has 3 aliphatic carbocycles. The summed E-state index contributed by atoms with van der Waals surface area (Å²) in [5, 5.41) is 0. The highest BCUT2D eigenvalue weighted by molar-refractivity contribution is 5.42. The molecule has 0 aromatic carbocycles. The van der Waals surface area contributed by atoms with Crippen LogP contribution in [0.15, 0.2) is 6.20 Å². The Morgan fingerprint density at radius 2 is 2.18 bits per heavy atom. The lowest BCUT2D eigenvalue weighted by Crippen LogP contribution is -2.47. The van der Waals surface area contributed by atoms with E-state index in [9.17, 15) is 0 Å². The van der Waals surface area contributed by atoms with Crippen LogP contribution in [0.3, 0.4) is 0 Å². The first kappa shape index (κ1) is 11.4. The van der Waals surface area contributed by atoms with Crippen LogP contribution in [0.5, 0.6) is 0 Å². The third kappa shape index (κ3) is 1.44. The summed E-state index contributed by atoms with van der Waals surface area (Å²) in [6, 6.07) is 0. The second-order valence-electron chi connectivity index (χ2n) is 6.71. The van der Waals surface area contributed by atoms with Crippen LogP contribution in [-0.4, -0.2) is 4.57 Å². The van der Waals surface area contributed by atoms with Crippen LogP contribution < -0.4 is 0 Å². The van der Waals surface area contributed by atoms with E-state index in [1.54, 1.807) is 16.8 Å². The van der Waals surface area contributed by atoms with Gasteiger partial charge in [-0.15, -0.1) is 0 Å². The van der Waals surface area contributed by atoms with Crippen LogP contribution in [0, 0.1) is 18.3 Å². The van der Waals surface area contributed by atoms with Gasteiger partial charge in [-0.05, 0) is 54.6 Å². The average Bonchev–Trinajstić information content (AvgIpc) is 2.63. The van der Waals surface area contributed by atoms with Crippen LogP contribution >= 0.6 is 0 Å². The first-order valence-electron chi connectivity index (χ1n) is 7.24. The fraction of sp³-hybridized carbons (Fsp3) is 0.750. The molecule has 2 atom stereocenters. The van der Waals surface area contributed by atoms with Crippen LogP contribution in [0.2, 0.25) is 0 Å².